The van der Waals surface area contributed by atoms with E-state index in [2.05, 4.69) is 63.0 Å². The number of benzene rings is 2. The van der Waals surface area contributed by atoms with Gasteiger partial charge in [-0.1, -0.05) is 46.3 Å². The molecule has 1 heterocycles. The van der Waals surface area contributed by atoms with E-state index in [0.717, 1.165) is 23.3 Å². The van der Waals surface area contributed by atoms with Gasteiger partial charge in [-0.05, 0) is 43.1 Å². The van der Waals surface area contributed by atoms with Crippen LogP contribution in [0, 0.1) is 0 Å². The van der Waals surface area contributed by atoms with Crippen molar-refractivity contribution in [2.75, 3.05) is 13.7 Å². The number of para-hydroxylation sites is 1. The van der Waals surface area contributed by atoms with Crippen molar-refractivity contribution in [2.45, 2.75) is 31.5 Å². The molecule has 1 aliphatic heterocycles. The second-order valence-corrected chi connectivity index (χ2v) is 6.84. The molecule has 1 saturated heterocycles. The van der Waals surface area contributed by atoms with Crippen molar-refractivity contribution in [2.24, 2.45) is 0 Å². The first-order chi connectivity index (χ1) is 11.3. The highest BCUT2D eigenvalue weighted by Crippen LogP contribution is 2.26. The van der Waals surface area contributed by atoms with Gasteiger partial charge in [0.25, 0.3) is 0 Å². The molecule has 0 spiro atoms. The zero-order valence-electron chi connectivity index (χ0n) is 13.4. The summed E-state index contributed by atoms with van der Waals surface area (Å²) in [4.78, 5) is 0. The molecule has 1 aliphatic rings. The van der Waals surface area contributed by atoms with Gasteiger partial charge in [0.1, 0.15) is 5.75 Å². The standard InChI is InChI=1S/C19H23BrN2O/c1-23-18-7-3-2-5-15(18)13-22-17-6-4-12-21-19(17)14-8-10-16(20)11-9-14/h2-3,5,7-11,17,19,21-22H,4,6,12-13H2,1H3/t17-,19-/m0/s1. The van der Waals surface area contributed by atoms with E-state index in [1.807, 2.05) is 12.1 Å². The van der Waals surface area contributed by atoms with Crippen LogP contribution in [0.15, 0.2) is 53.0 Å². The molecule has 0 amide bonds. The molecule has 122 valence electrons. The van der Waals surface area contributed by atoms with Gasteiger partial charge >= 0.3 is 0 Å². The first-order valence-electron chi connectivity index (χ1n) is 8.12. The number of methoxy groups -OCH3 is 1. The molecule has 3 rings (SSSR count). The lowest BCUT2D eigenvalue weighted by Gasteiger charge is -2.34. The van der Waals surface area contributed by atoms with Gasteiger partial charge in [-0.2, -0.15) is 0 Å². The molecule has 3 nitrogen and oxygen atoms in total. The van der Waals surface area contributed by atoms with Crippen LogP contribution in [0.1, 0.15) is 30.0 Å². The van der Waals surface area contributed by atoms with Gasteiger partial charge in [0.05, 0.1) is 7.11 Å². The molecule has 23 heavy (non-hydrogen) atoms. The number of ether oxygens (including phenoxy) is 1. The lowest BCUT2D eigenvalue weighted by Crippen LogP contribution is -2.45. The Morgan fingerprint density at radius 2 is 1.96 bits per heavy atom. The average molecular weight is 375 g/mol. The molecule has 0 saturated carbocycles. The number of nitrogens with one attached hydrogen (secondary N) is 2. The Morgan fingerprint density at radius 3 is 2.74 bits per heavy atom. The normalized spacial score (nSPS) is 21.1. The fourth-order valence-electron chi connectivity index (χ4n) is 3.22. The second kappa shape index (κ2) is 7.95. The van der Waals surface area contributed by atoms with E-state index < -0.39 is 0 Å². The van der Waals surface area contributed by atoms with E-state index in [1.165, 1.54) is 24.0 Å². The summed E-state index contributed by atoms with van der Waals surface area (Å²) in [5.74, 6) is 0.948. The molecule has 2 aromatic carbocycles. The summed E-state index contributed by atoms with van der Waals surface area (Å²) in [6, 6.07) is 17.6. The van der Waals surface area contributed by atoms with Crippen LogP contribution in [0.3, 0.4) is 0 Å². The van der Waals surface area contributed by atoms with Crippen molar-refractivity contribution in [3.8, 4) is 5.75 Å². The van der Waals surface area contributed by atoms with Crippen molar-refractivity contribution >= 4 is 15.9 Å². The smallest absolute Gasteiger partial charge is 0.123 e. The molecule has 0 aliphatic carbocycles. The third-order valence-electron chi connectivity index (χ3n) is 4.43. The van der Waals surface area contributed by atoms with Crippen molar-refractivity contribution in [3.63, 3.8) is 0 Å². The molecule has 0 radical (unpaired) electrons. The van der Waals surface area contributed by atoms with Gasteiger partial charge in [0, 0.05) is 28.7 Å². The van der Waals surface area contributed by atoms with Crippen LogP contribution in [-0.2, 0) is 6.54 Å². The molecule has 2 atom stereocenters. The second-order valence-electron chi connectivity index (χ2n) is 5.92. The number of hydrogen-bond donors (Lipinski definition) is 2. The van der Waals surface area contributed by atoms with Crippen LogP contribution in [0.25, 0.3) is 0 Å². The Bertz CT molecular complexity index is 630. The third kappa shape index (κ3) is 4.14. The number of rotatable bonds is 5. The highest BCUT2D eigenvalue weighted by molar-refractivity contribution is 9.10. The molecule has 2 N–H and O–H groups in total. The SMILES string of the molecule is COc1ccccc1CN[C@H]1CCCN[C@H]1c1ccc(Br)cc1. The van der Waals surface area contributed by atoms with Crippen LogP contribution < -0.4 is 15.4 Å². The van der Waals surface area contributed by atoms with Crippen molar-refractivity contribution < 1.29 is 4.74 Å². The largest absolute Gasteiger partial charge is 0.496 e. The van der Waals surface area contributed by atoms with Crippen molar-refractivity contribution in [3.05, 3.63) is 64.1 Å². The Hall–Kier alpha value is -1.36. The third-order valence-corrected chi connectivity index (χ3v) is 4.96. The first-order valence-corrected chi connectivity index (χ1v) is 8.91. The summed E-state index contributed by atoms with van der Waals surface area (Å²) in [5.41, 5.74) is 2.54. The van der Waals surface area contributed by atoms with E-state index in [4.69, 9.17) is 4.74 Å². The fraction of sp³-hybridized carbons (Fsp3) is 0.368. The van der Waals surface area contributed by atoms with Crippen molar-refractivity contribution in [1.29, 1.82) is 0 Å². The van der Waals surface area contributed by atoms with Crippen LogP contribution in [0.4, 0.5) is 0 Å². The molecule has 1 fully saturated rings. The summed E-state index contributed by atoms with van der Waals surface area (Å²) in [6.07, 6.45) is 2.39. The van der Waals surface area contributed by atoms with Gasteiger partial charge in [-0.25, -0.2) is 0 Å². The minimum absolute atomic E-state index is 0.353. The summed E-state index contributed by atoms with van der Waals surface area (Å²) < 4.78 is 6.57. The fourth-order valence-corrected chi connectivity index (χ4v) is 3.48. The van der Waals surface area contributed by atoms with Gasteiger partial charge in [-0.15, -0.1) is 0 Å². The van der Waals surface area contributed by atoms with Gasteiger partial charge in [0.2, 0.25) is 0 Å². The van der Waals surface area contributed by atoms with E-state index >= 15 is 0 Å². The minimum Gasteiger partial charge on any atom is -0.496 e. The molecule has 0 aromatic heterocycles. The number of piperidine rings is 1. The average Bonchev–Trinajstić information content (AvgIpc) is 2.61. The predicted molar refractivity (Wildman–Crippen MR) is 97.7 cm³/mol. The van der Waals surface area contributed by atoms with Gasteiger partial charge in [-0.3, -0.25) is 0 Å². The van der Waals surface area contributed by atoms with E-state index in [1.54, 1.807) is 7.11 Å². The number of halogens is 1. The van der Waals surface area contributed by atoms with Crippen molar-refractivity contribution in [1.82, 2.24) is 10.6 Å². The van der Waals surface area contributed by atoms with E-state index in [-0.39, 0.29) is 0 Å². The number of hydrogen-bond acceptors (Lipinski definition) is 3. The predicted octanol–water partition coefficient (Wildman–Crippen LogP) is 4.04. The maximum atomic E-state index is 5.45. The molecule has 0 unspecified atom stereocenters. The maximum Gasteiger partial charge on any atom is 0.123 e. The van der Waals surface area contributed by atoms with Gasteiger partial charge < -0.3 is 15.4 Å². The lowest BCUT2D eigenvalue weighted by molar-refractivity contribution is 0.303. The Morgan fingerprint density at radius 1 is 1.17 bits per heavy atom. The molecule has 0 bridgehead atoms. The Balaban J connectivity index is 1.70. The molecule has 4 heteroatoms. The minimum atomic E-state index is 0.353. The quantitative estimate of drug-likeness (QED) is 0.828. The summed E-state index contributed by atoms with van der Waals surface area (Å²) in [5, 5.41) is 7.38. The highest BCUT2D eigenvalue weighted by Gasteiger charge is 2.25. The van der Waals surface area contributed by atoms with E-state index in [9.17, 15) is 0 Å². The molecular weight excluding hydrogens is 352 g/mol. The summed E-state index contributed by atoms with van der Waals surface area (Å²) in [7, 11) is 1.73. The van der Waals surface area contributed by atoms with Crippen LogP contribution >= 0.6 is 15.9 Å². The summed E-state index contributed by atoms with van der Waals surface area (Å²) in [6.45, 7) is 1.90. The van der Waals surface area contributed by atoms with Crippen LogP contribution in [0.5, 0.6) is 5.75 Å². The topological polar surface area (TPSA) is 33.3 Å². The monoisotopic (exact) mass is 374 g/mol. The molecule has 2 aromatic rings. The lowest BCUT2D eigenvalue weighted by atomic mass is 9.92. The highest BCUT2D eigenvalue weighted by atomic mass is 79.9. The zero-order valence-corrected chi connectivity index (χ0v) is 15.0. The van der Waals surface area contributed by atoms with Crippen LogP contribution in [-0.4, -0.2) is 19.7 Å². The van der Waals surface area contributed by atoms with E-state index in [0.29, 0.717) is 12.1 Å². The Labute approximate surface area is 146 Å². The van der Waals surface area contributed by atoms with Gasteiger partial charge in [0.15, 0.2) is 0 Å². The zero-order chi connectivity index (χ0) is 16.1. The summed E-state index contributed by atoms with van der Waals surface area (Å²) >= 11 is 3.51. The Kier molecular flexibility index (Phi) is 5.70. The molecular formula is C19H23BrN2O. The maximum absolute atomic E-state index is 5.45. The van der Waals surface area contributed by atoms with Crippen LogP contribution in [0.2, 0.25) is 0 Å². The first kappa shape index (κ1) is 16.5.